The third kappa shape index (κ3) is 7.60. The molecule has 0 amide bonds. The van der Waals surface area contributed by atoms with Crippen LogP contribution in [0.1, 0.15) is 67.8 Å². The van der Waals surface area contributed by atoms with Crippen LogP contribution in [0.4, 0.5) is 22.7 Å². The van der Waals surface area contributed by atoms with Crippen LogP contribution < -0.4 is 21.3 Å². The van der Waals surface area contributed by atoms with Gasteiger partial charge >= 0.3 is 0 Å². The Morgan fingerprint density at radius 3 is 1.77 bits per heavy atom. The molecular weight excluding hydrogens is 697 g/mol. The molecule has 0 bridgehead atoms. The van der Waals surface area contributed by atoms with Gasteiger partial charge in [0.15, 0.2) is 0 Å². The standard InChI is InChI=1S/C49H46N6.C2H6/c1-31-23-35(54-43-21-13-11-19-37(31)43)29-50-45-25-39-40-26-46(51-30-36-24-32(2)38-20-12-14-22-44(38)55-36)48(53-34-17-9-6-10-18-34)28-42(40)49(3,4)41(39)27-47(45)52-33-15-7-5-8-16-33;1-2/h5-27,48,50-53H,28-30H2,1-4H3;1-2H3. The van der Waals surface area contributed by atoms with Crippen LogP contribution in [0.2, 0.25) is 0 Å². The number of pyridine rings is 2. The minimum atomic E-state index is -0.178. The Morgan fingerprint density at radius 1 is 0.614 bits per heavy atom. The first-order chi connectivity index (χ1) is 27.8. The van der Waals surface area contributed by atoms with Gasteiger partial charge in [0.25, 0.3) is 0 Å². The molecule has 4 N–H and O–H groups in total. The number of aromatic nitrogens is 2. The fourth-order valence-corrected chi connectivity index (χ4v) is 8.46. The van der Waals surface area contributed by atoms with Crippen molar-refractivity contribution < 1.29 is 0 Å². The van der Waals surface area contributed by atoms with Gasteiger partial charge in [-0.05, 0) is 120 Å². The molecule has 6 heteroatoms. The van der Waals surface area contributed by atoms with Gasteiger partial charge in [-0.3, -0.25) is 9.97 Å². The zero-order chi connectivity index (χ0) is 39.5. The first-order valence-electron chi connectivity index (χ1n) is 20.3. The second-order valence-corrected chi connectivity index (χ2v) is 15.4. The number of anilines is 4. The monoisotopic (exact) mass is 748 g/mol. The van der Waals surface area contributed by atoms with E-state index in [4.69, 9.17) is 9.97 Å². The van der Waals surface area contributed by atoms with Gasteiger partial charge in [0.05, 0.1) is 52.9 Å². The number of allylic oxidation sites excluding steroid dienone is 2. The Labute approximate surface area is 337 Å². The molecule has 286 valence electrons. The van der Waals surface area contributed by atoms with Crippen LogP contribution in [0, 0.1) is 13.8 Å². The Balaban J connectivity index is 0.00000224. The summed E-state index contributed by atoms with van der Waals surface area (Å²) in [6, 6.07) is 46.9. The molecule has 6 nitrogen and oxygen atoms in total. The van der Waals surface area contributed by atoms with Gasteiger partial charge in [-0.25, -0.2) is 0 Å². The highest BCUT2D eigenvalue weighted by Gasteiger charge is 2.41. The highest BCUT2D eigenvalue weighted by Crippen LogP contribution is 2.53. The third-order valence-corrected chi connectivity index (χ3v) is 11.3. The summed E-state index contributed by atoms with van der Waals surface area (Å²) in [4.78, 5) is 10.1. The van der Waals surface area contributed by atoms with Gasteiger partial charge in [-0.1, -0.05) is 100 Å². The lowest BCUT2D eigenvalue weighted by Gasteiger charge is -2.33. The maximum atomic E-state index is 5.04. The number of aryl methyl sites for hydroxylation is 2. The molecular formula is C51H52N6. The Hall–Kier alpha value is -6.40. The normalized spacial score (nSPS) is 15.3. The minimum Gasteiger partial charge on any atom is -0.381 e. The van der Waals surface area contributed by atoms with Crippen molar-refractivity contribution in [3.05, 3.63) is 184 Å². The van der Waals surface area contributed by atoms with Gasteiger partial charge < -0.3 is 21.3 Å². The molecule has 1 unspecified atom stereocenters. The minimum absolute atomic E-state index is 0.0676. The zero-order valence-electron chi connectivity index (χ0n) is 33.9. The quantitative estimate of drug-likeness (QED) is 0.112. The largest absolute Gasteiger partial charge is 0.381 e. The van der Waals surface area contributed by atoms with E-state index in [9.17, 15) is 0 Å². The number of fused-ring (bicyclic) bond motifs is 4. The highest BCUT2D eigenvalue weighted by molar-refractivity contribution is 5.92. The Kier molecular flexibility index (Phi) is 10.5. The molecule has 2 aliphatic rings. The summed E-state index contributed by atoms with van der Waals surface area (Å²) in [6.07, 6.45) is 3.27. The molecule has 2 aromatic heterocycles. The Morgan fingerprint density at radius 2 is 1.16 bits per heavy atom. The second kappa shape index (κ2) is 16.0. The predicted octanol–water partition coefficient (Wildman–Crippen LogP) is 12.4. The average molecular weight is 749 g/mol. The number of nitrogens with zero attached hydrogens (tertiary/aromatic N) is 2. The maximum absolute atomic E-state index is 5.04. The summed E-state index contributed by atoms with van der Waals surface area (Å²) in [5, 5.41) is 17.7. The van der Waals surface area contributed by atoms with Crippen LogP contribution >= 0.6 is 0 Å². The van der Waals surface area contributed by atoms with Gasteiger partial charge in [0.1, 0.15) is 0 Å². The number of nitrogens with one attached hydrogen (secondary N) is 4. The number of hydrogen-bond donors (Lipinski definition) is 4. The fraction of sp³-hybridized carbons (Fsp3) is 0.216. The van der Waals surface area contributed by atoms with E-state index in [1.807, 2.05) is 13.8 Å². The first-order valence-corrected chi connectivity index (χ1v) is 20.3. The predicted molar refractivity (Wildman–Crippen MR) is 241 cm³/mol. The molecule has 2 aliphatic carbocycles. The first kappa shape index (κ1) is 37.5. The van der Waals surface area contributed by atoms with Gasteiger partial charge in [-0.2, -0.15) is 0 Å². The molecule has 5 aromatic carbocycles. The average Bonchev–Trinajstić information content (AvgIpc) is 3.44. The molecule has 0 spiro atoms. The van der Waals surface area contributed by atoms with Gasteiger partial charge in [-0.15, -0.1) is 0 Å². The smallest absolute Gasteiger partial charge is 0.0708 e. The summed E-state index contributed by atoms with van der Waals surface area (Å²) in [5.74, 6) is 0. The van der Waals surface area contributed by atoms with Crippen molar-refractivity contribution in [3.63, 3.8) is 0 Å². The van der Waals surface area contributed by atoms with Crippen molar-refractivity contribution >= 4 is 50.1 Å². The Bertz CT molecular complexity index is 2620. The summed E-state index contributed by atoms with van der Waals surface area (Å²) in [7, 11) is 0. The zero-order valence-corrected chi connectivity index (χ0v) is 33.9. The molecule has 0 saturated carbocycles. The number of hydrogen-bond acceptors (Lipinski definition) is 6. The molecule has 2 heterocycles. The summed E-state index contributed by atoms with van der Waals surface area (Å²) < 4.78 is 0. The van der Waals surface area contributed by atoms with Crippen molar-refractivity contribution in [2.75, 3.05) is 16.0 Å². The lowest BCUT2D eigenvalue weighted by Crippen LogP contribution is -2.35. The molecule has 0 radical (unpaired) electrons. The van der Waals surface area contributed by atoms with Gasteiger partial charge in [0, 0.05) is 33.3 Å². The molecule has 0 saturated heterocycles. The van der Waals surface area contributed by atoms with Crippen molar-refractivity contribution in [1.29, 1.82) is 0 Å². The van der Waals surface area contributed by atoms with E-state index in [-0.39, 0.29) is 11.5 Å². The van der Waals surface area contributed by atoms with Crippen molar-refractivity contribution in [3.8, 4) is 0 Å². The van der Waals surface area contributed by atoms with E-state index >= 15 is 0 Å². The molecule has 7 aromatic rings. The van der Waals surface area contributed by atoms with Crippen LogP contribution in [0.15, 0.2) is 151 Å². The van der Waals surface area contributed by atoms with E-state index in [2.05, 4.69) is 188 Å². The summed E-state index contributed by atoms with van der Waals surface area (Å²) in [5.41, 5.74) is 17.1. The number of para-hydroxylation sites is 4. The third-order valence-electron chi connectivity index (χ3n) is 11.3. The lowest BCUT2D eigenvalue weighted by atomic mass is 9.77. The van der Waals surface area contributed by atoms with Crippen LogP contribution in [-0.2, 0) is 18.5 Å². The van der Waals surface area contributed by atoms with Gasteiger partial charge in [0.2, 0.25) is 0 Å². The van der Waals surface area contributed by atoms with E-state index in [0.717, 1.165) is 57.3 Å². The SMILES string of the molecule is CC.Cc1cc(CNC2=CC3=C(CC2Nc2ccccc2)C(C)(C)c2cc(Nc4ccccc4)c(NCc4cc(C)c5ccccc5n4)cc23)nc2ccccc12. The number of rotatable bonds is 10. The van der Waals surface area contributed by atoms with Crippen molar-refractivity contribution in [1.82, 2.24) is 15.3 Å². The molecule has 57 heavy (non-hydrogen) atoms. The maximum Gasteiger partial charge on any atom is 0.0708 e. The summed E-state index contributed by atoms with van der Waals surface area (Å²) in [6.45, 7) is 14.3. The summed E-state index contributed by atoms with van der Waals surface area (Å²) >= 11 is 0. The topological polar surface area (TPSA) is 73.9 Å². The molecule has 0 fully saturated rings. The number of benzene rings is 5. The van der Waals surface area contributed by atoms with E-state index in [0.29, 0.717) is 13.1 Å². The fourth-order valence-electron chi connectivity index (χ4n) is 8.46. The molecule has 0 aliphatic heterocycles. The second-order valence-electron chi connectivity index (χ2n) is 15.4. The van der Waals surface area contributed by atoms with E-state index in [1.165, 1.54) is 44.2 Å². The lowest BCUT2D eigenvalue weighted by molar-refractivity contribution is 0.575. The van der Waals surface area contributed by atoms with Crippen molar-refractivity contribution in [2.45, 2.75) is 72.5 Å². The van der Waals surface area contributed by atoms with Crippen molar-refractivity contribution in [2.24, 2.45) is 0 Å². The van der Waals surface area contributed by atoms with E-state index in [1.54, 1.807) is 0 Å². The van der Waals surface area contributed by atoms with Crippen LogP contribution in [0.5, 0.6) is 0 Å². The van der Waals surface area contributed by atoms with Crippen LogP contribution in [0.3, 0.4) is 0 Å². The van der Waals surface area contributed by atoms with Crippen LogP contribution in [0.25, 0.3) is 27.4 Å². The highest BCUT2D eigenvalue weighted by atomic mass is 15.0. The molecule has 1 atom stereocenters. The van der Waals surface area contributed by atoms with Crippen LogP contribution in [-0.4, -0.2) is 16.0 Å². The van der Waals surface area contributed by atoms with E-state index < -0.39 is 0 Å². The molecule has 9 rings (SSSR count).